The Hall–Kier alpha value is -4.40. The molecule has 184 valence electrons. The summed E-state index contributed by atoms with van der Waals surface area (Å²) < 4.78 is 12.4. The molecule has 0 saturated heterocycles. The minimum atomic E-state index is -0.724. The number of fused-ring (bicyclic) bond motifs is 2. The third-order valence-electron chi connectivity index (χ3n) is 6.10. The Morgan fingerprint density at radius 2 is 1.75 bits per heavy atom. The largest absolute Gasteiger partial charge is 0.454 e. The second-order valence-corrected chi connectivity index (χ2v) is 8.99. The fraction of sp³-hybridized carbons (Fsp3) is 0.259. The predicted molar refractivity (Wildman–Crippen MR) is 134 cm³/mol. The Balaban J connectivity index is 1.43. The molecule has 3 aromatic carbocycles. The van der Waals surface area contributed by atoms with Crippen molar-refractivity contribution in [2.75, 3.05) is 12.1 Å². The molecule has 0 fully saturated rings. The number of benzene rings is 3. The molecule has 0 aliphatic carbocycles. The van der Waals surface area contributed by atoms with E-state index in [4.69, 9.17) is 9.47 Å². The number of anilines is 1. The van der Waals surface area contributed by atoms with Gasteiger partial charge in [0.25, 0.3) is 0 Å². The molecule has 1 atom stereocenters. The second-order valence-electron chi connectivity index (χ2n) is 8.99. The Bertz CT molecular complexity index is 1390. The number of para-hydroxylation sites is 1. The van der Waals surface area contributed by atoms with E-state index >= 15 is 0 Å². The predicted octanol–water partition coefficient (Wildman–Crippen LogP) is 3.85. The molecule has 9 heteroatoms. The van der Waals surface area contributed by atoms with Crippen LogP contribution in [0.15, 0.2) is 72.8 Å². The van der Waals surface area contributed by atoms with E-state index in [9.17, 15) is 9.59 Å². The molecule has 1 aromatic heterocycles. The normalized spacial score (nSPS) is 13.1. The highest BCUT2D eigenvalue weighted by Crippen LogP contribution is 2.34. The van der Waals surface area contributed by atoms with Gasteiger partial charge in [0.05, 0.1) is 5.52 Å². The molecule has 1 aliphatic rings. The Morgan fingerprint density at radius 1 is 1.00 bits per heavy atom. The van der Waals surface area contributed by atoms with E-state index in [1.807, 2.05) is 68.4 Å². The van der Waals surface area contributed by atoms with Crippen molar-refractivity contribution in [1.29, 1.82) is 0 Å². The number of nitrogens with one attached hydrogen (secondary N) is 1. The van der Waals surface area contributed by atoms with Crippen LogP contribution < -0.4 is 14.8 Å². The number of carbonyl (C=O) groups excluding carboxylic acids is 2. The summed E-state index contributed by atoms with van der Waals surface area (Å²) in [5.74, 6) is 0.545. The molecule has 5 rings (SSSR count). The zero-order valence-corrected chi connectivity index (χ0v) is 20.1. The molecule has 0 unspecified atom stereocenters. The molecule has 4 aromatic rings. The lowest BCUT2D eigenvalue weighted by atomic mass is 10.00. The van der Waals surface area contributed by atoms with Crippen LogP contribution in [0.25, 0.3) is 11.0 Å². The molecule has 0 bridgehead atoms. The number of carbonyl (C=O) groups is 2. The number of rotatable bonds is 8. The number of aromatic nitrogens is 3. The molecule has 2 heterocycles. The van der Waals surface area contributed by atoms with Gasteiger partial charge in [0.2, 0.25) is 18.6 Å². The molecule has 0 radical (unpaired) electrons. The van der Waals surface area contributed by atoms with E-state index in [0.717, 1.165) is 11.1 Å². The molecule has 1 aliphatic heterocycles. The summed E-state index contributed by atoms with van der Waals surface area (Å²) in [5, 5.41) is 11.3. The van der Waals surface area contributed by atoms with E-state index in [0.29, 0.717) is 22.7 Å². The van der Waals surface area contributed by atoms with Crippen molar-refractivity contribution in [3.8, 4) is 11.5 Å². The van der Waals surface area contributed by atoms with Crippen molar-refractivity contribution in [3.05, 3.63) is 78.4 Å². The van der Waals surface area contributed by atoms with Gasteiger partial charge in [-0.1, -0.05) is 61.5 Å². The maximum absolute atomic E-state index is 13.7. The second kappa shape index (κ2) is 10.1. The Morgan fingerprint density at radius 3 is 2.56 bits per heavy atom. The van der Waals surface area contributed by atoms with Crippen LogP contribution in [0.3, 0.4) is 0 Å². The Kier molecular flexibility index (Phi) is 6.53. The van der Waals surface area contributed by atoms with E-state index < -0.39 is 6.04 Å². The number of ether oxygens (including phenoxy) is 2. The average Bonchev–Trinajstić information content (AvgIpc) is 3.51. The Labute approximate surface area is 208 Å². The van der Waals surface area contributed by atoms with Crippen LogP contribution in [-0.2, 0) is 22.7 Å². The maximum atomic E-state index is 13.7. The van der Waals surface area contributed by atoms with Crippen molar-refractivity contribution in [2.45, 2.75) is 33.0 Å². The van der Waals surface area contributed by atoms with Crippen LogP contribution >= 0.6 is 0 Å². The van der Waals surface area contributed by atoms with Gasteiger partial charge in [-0.2, -0.15) is 0 Å². The minimum Gasteiger partial charge on any atom is -0.454 e. The standard InChI is InChI=1S/C27H27N5O4/c1-18(2)26(27(34)28-20-12-13-23-24(14-20)36-17-35-23)31(15-19-8-4-3-5-9-19)25(33)16-32-22-11-7-6-10-21(22)29-30-32/h3-14,18,26H,15-17H2,1-2H3,(H,28,34)/t26-/m1/s1. The first-order valence-corrected chi connectivity index (χ1v) is 11.8. The summed E-state index contributed by atoms with van der Waals surface area (Å²) in [5.41, 5.74) is 2.97. The summed E-state index contributed by atoms with van der Waals surface area (Å²) in [7, 11) is 0. The van der Waals surface area contributed by atoms with Crippen LogP contribution in [0.4, 0.5) is 5.69 Å². The van der Waals surface area contributed by atoms with Gasteiger partial charge in [0.15, 0.2) is 11.5 Å². The molecular formula is C27H27N5O4. The molecule has 0 spiro atoms. The first-order chi connectivity index (χ1) is 17.5. The number of amides is 2. The van der Waals surface area contributed by atoms with Crippen molar-refractivity contribution >= 4 is 28.5 Å². The van der Waals surface area contributed by atoms with Crippen molar-refractivity contribution < 1.29 is 19.1 Å². The SMILES string of the molecule is CC(C)[C@H](C(=O)Nc1ccc2c(c1)OCO2)N(Cc1ccccc1)C(=O)Cn1nnc2ccccc21. The van der Waals surface area contributed by atoms with Crippen molar-refractivity contribution in [3.63, 3.8) is 0 Å². The van der Waals surface area contributed by atoms with Crippen LogP contribution in [0.5, 0.6) is 11.5 Å². The summed E-state index contributed by atoms with van der Waals surface area (Å²) in [6.45, 7) is 4.26. The first kappa shape index (κ1) is 23.3. The molecule has 9 nitrogen and oxygen atoms in total. The fourth-order valence-electron chi connectivity index (χ4n) is 4.37. The number of nitrogens with zero attached hydrogens (tertiary/aromatic N) is 4. The van der Waals surface area contributed by atoms with Gasteiger partial charge < -0.3 is 19.7 Å². The van der Waals surface area contributed by atoms with E-state index in [-0.39, 0.29) is 37.6 Å². The topological polar surface area (TPSA) is 98.6 Å². The lowest BCUT2D eigenvalue weighted by Crippen LogP contribution is -2.50. The third-order valence-corrected chi connectivity index (χ3v) is 6.10. The van der Waals surface area contributed by atoms with Gasteiger partial charge in [-0.3, -0.25) is 9.59 Å². The number of hydrogen-bond donors (Lipinski definition) is 1. The van der Waals surface area contributed by atoms with Gasteiger partial charge in [-0.05, 0) is 35.7 Å². The van der Waals surface area contributed by atoms with Gasteiger partial charge in [0.1, 0.15) is 18.1 Å². The summed E-state index contributed by atoms with van der Waals surface area (Å²) in [6, 6.07) is 21.6. The lowest BCUT2D eigenvalue weighted by molar-refractivity contribution is -0.141. The lowest BCUT2D eigenvalue weighted by Gasteiger charge is -2.33. The van der Waals surface area contributed by atoms with Gasteiger partial charge in [-0.25, -0.2) is 4.68 Å². The van der Waals surface area contributed by atoms with Crippen LogP contribution in [0.1, 0.15) is 19.4 Å². The zero-order valence-electron chi connectivity index (χ0n) is 20.1. The maximum Gasteiger partial charge on any atom is 0.247 e. The summed E-state index contributed by atoms with van der Waals surface area (Å²) >= 11 is 0. The van der Waals surface area contributed by atoms with Crippen LogP contribution in [-0.4, -0.2) is 44.5 Å². The smallest absolute Gasteiger partial charge is 0.247 e. The minimum absolute atomic E-state index is 0.0339. The highest BCUT2D eigenvalue weighted by atomic mass is 16.7. The van der Waals surface area contributed by atoms with Gasteiger partial charge in [0, 0.05) is 18.3 Å². The first-order valence-electron chi connectivity index (χ1n) is 11.8. The molecular weight excluding hydrogens is 458 g/mol. The molecule has 2 amide bonds. The zero-order chi connectivity index (χ0) is 25.1. The van der Waals surface area contributed by atoms with Gasteiger partial charge >= 0.3 is 0 Å². The van der Waals surface area contributed by atoms with Crippen LogP contribution in [0, 0.1) is 5.92 Å². The average molecular weight is 486 g/mol. The summed E-state index contributed by atoms with van der Waals surface area (Å²) in [4.78, 5) is 29.0. The highest BCUT2D eigenvalue weighted by molar-refractivity contribution is 5.97. The van der Waals surface area contributed by atoms with Crippen LogP contribution in [0.2, 0.25) is 0 Å². The molecule has 36 heavy (non-hydrogen) atoms. The number of hydrogen-bond acceptors (Lipinski definition) is 6. The van der Waals surface area contributed by atoms with E-state index in [2.05, 4.69) is 15.6 Å². The van der Waals surface area contributed by atoms with E-state index in [1.54, 1.807) is 27.8 Å². The monoisotopic (exact) mass is 485 g/mol. The third kappa shape index (κ3) is 4.86. The van der Waals surface area contributed by atoms with Crippen molar-refractivity contribution in [2.24, 2.45) is 5.92 Å². The molecule has 1 N–H and O–H groups in total. The van der Waals surface area contributed by atoms with Crippen molar-refractivity contribution in [1.82, 2.24) is 19.9 Å². The fourth-order valence-corrected chi connectivity index (χ4v) is 4.37. The van der Waals surface area contributed by atoms with E-state index in [1.165, 1.54) is 0 Å². The quantitative estimate of drug-likeness (QED) is 0.407. The molecule has 0 saturated carbocycles. The highest BCUT2D eigenvalue weighted by Gasteiger charge is 2.33. The van der Waals surface area contributed by atoms with Gasteiger partial charge in [-0.15, -0.1) is 5.10 Å². The summed E-state index contributed by atoms with van der Waals surface area (Å²) in [6.07, 6.45) is 0.